The van der Waals surface area contributed by atoms with E-state index in [4.69, 9.17) is 4.74 Å². The second kappa shape index (κ2) is 5.52. The molecule has 1 heterocycles. The third-order valence-electron chi connectivity index (χ3n) is 3.75. The number of carbonyl (C=O) groups is 3. The van der Waals surface area contributed by atoms with Crippen LogP contribution in [0, 0.1) is 0 Å². The van der Waals surface area contributed by atoms with E-state index in [1.165, 1.54) is 7.11 Å². The first-order chi connectivity index (χ1) is 9.97. The molecule has 5 heteroatoms. The molecular formula is C16H17NO4. The van der Waals surface area contributed by atoms with Crippen LogP contribution in [-0.2, 0) is 9.53 Å². The Morgan fingerprint density at radius 3 is 2.24 bits per heavy atom. The molecule has 1 aliphatic heterocycles. The maximum absolute atomic E-state index is 12.5. The highest BCUT2D eigenvalue weighted by Crippen LogP contribution is 2.33. The van der Waals surface area contributed by atoms with Crippen LogP contribution < -0.4 is 0 Å². The number of hydrogen-bond acceptors (Lipinski definition) is 4. The minimum atomic E-state index is -1.34. The highest BCUT2D eigenvalue weighted by atomic mass is 16.5. The summed E-state index contributed by atoms with van der Waals surface area (Å²) in [5, 5.41) is 0. The fourth-order valence-electron chi connectivity index (χ4n) is 2.55. The van der Waals surface area contributed by atoms with Gasteiger partial charge in [-0.2, -0.15) is 0 Å². The molecule has 0 N–H and O–H groups in total. The molecule has 2 rings (SSSR count). The average Bonchev–Trinajstić information content (AvgIpc) is 2.76. The quantitative estimate of drug-likeness (QED) is 0.473. The van der Waals surface area contributed by atoms with Crippen molar-refractivity contribution < 1.29 is 19.1 Å². The molecule has 0 bridgehead atoms. The lowest BCUT2D eigenvalue weighted by atomic mass is 9.93. The third kappa shape index (κ3) is 2.24. The Bertz CT molecular complexity index is 587. The number of esters is 1. The van der Waals surface area contributed by atoms with Crippen LogP contribution >= 0.6 is 0 Å². The van der Waals surface area contributed by atoms with Gasteiger partial charge in [0.15, 0.2) is 0 Å². The molecule has 0 radical (unpaired) electrons. The second-order valence-corrected chi connectivity index (χ2v) is 5.08. The number of imide groups is 1. The zero-order chi connectivity index (χ0) is 15.6. The number of ether oxygens (including phenoxy) is 1. The van der Waals surface area contributed by atoms with E-state index in [2.05, 4.69) is 6.58 Å². The Morgan fingerprint density at radius 2 is 1.81 bits per heavy atom. The van der Waals surface area contributed by atoms with E-state index in [-0.39, 0.29) is 6.42 Å². The van der Waals surface area contributed by atoms with Gasteiger partial charge in [-0.05, 0) is 31.9 Å². The molecule has 1 atom stereocenters. The van der Waals surface area contributed by atoms with Gasteiger partial charge in [0.05, 0.1) is 18.2 Å². The molecule has 110 valence electrons. The smallest absolute Gasteiger partial charge is 0.332 e. The van der Waals surface area contributed by atoms with E-state index >= 15 is 0 Å². The van der Waals surface area contributed by atoms with Gasteiger partial charge in [-0.25, -0.2) is 4.79 Å². The Morgan fingerprint density at radius 1 is 1.29 bits per heavy atom. The molecule has 21 heavy (non-hydrogen) atoms. The minimum Gasteiger partial charge on any atom is -0.467 e. The standard InChI is InChI=1S/C16H17NO4/c1-4-5-10-16(2,15(20)21-3)17-13(18)11-8-6-7-9-12(11)14(17)19/h4,6-9H,1,5,10H2,2-3H3. The summed E-state index contributed by atoms with van der Waals surface area (Å²) < 4.78 is 4.80. The van der Waals surface area contributed by atoms with Crippen LogP contribution in [0.5, 0.6) is 0 Å². The van der Waals surface area contributed by atoms with Crippen molar-refractivity contribution >= 4 is 17.8 Å². The molecule has 1 aliphatic rings. The van der Waals surface area contributed by atoms with Crippen LogP contribution in [0.25, 0.3) is 0 Å². The molecule has 2 amide bonds. The number of carbonyl (C=O) groups excluding carboxylic acids is 3. The molecule has 1 aromatic rings. The molecular weight excluding hydrogens is 270 g/mol. The predicted octanol–water partition coefficient (Wildman–Crippen LogP) is 2.18. The number of allylic oxidation sites excluding steroid dienone is 1. The van der Waals surface area contributed by atoms with Crippen LogP contribution in [-0.4, -0.2) is 35.3 Å². The Kier molecular flexibility index (Phi) is 3.93. The number of rotatable bonds is 5. The average molecular weight is 287 g/mol. The maximum Gasteiger partial charge on any atom is 0.332 e. The van der Waals surface area contributed by atoms with E-state index in [0.717, 1.165) is 4.90 Å². The van der Waals surface area contributed by atoms with Gasteiger partial charge in [-0.1, -0.05) is 18.2 Å². The summed E-state index contributed by atoms with van der Waals surface area (Å²) in [7, 11) is 1.24. The zero-order valence-electron chi connectivity index (χ0n) is 12.1. The van der Waals surface area contributed by atoms with Gasteiger partial charge >= 0.3 is 5.97 Å². The van der Waals surface area contributed by atoms with Gasteiger partial charge in [0, 0.05) is 0 Å². The van der Waals surface area contributed by atoms with E-state index in [9.17, 15) is 14.4 Å². The summed E-state index contributed by atoms with van der Waals surface area (Å²) in [6.07, 6.45) is 2.40. The topological polar surface area (TPSA) is 63.7 Å². The highest BCUT2D eigenvalue weighted by molar-refractivity contribution is 6.23. The maximum atomic E-state index is 12.5. The largest absolute Gasteiger partial charge is 0.467 e. The van der Waals surface area contributed by atoms with E-state index in [0.29, 0.717) is 17.5 Å². The molecule has 0 spiro atoms. The van der Waals surface area contributed by atoms with Gasteiger partial charge in [-0.3, -0.25) is 14.5 Å². The molecule has 0 fully saturated rings. The summed E-state index contributed by atoms with van der Waals surface area (Å²) in [5.41, 5.74) is -0.705. The first kappa shape index (κ1) is 15.0. The number of hydrogen-bond donors (Lipinski definition) is 0. The first-order valence-electron chi connectivity index (χ1n) is 6.64. The number of amides is 2. The molecule has 1 aromatic carbocycles. The summed E-state index contributed by atoms with van der Waals surface area (Å²) in [5.74, 6) is -1.54. The molecule has 0 saturated carbocycles. The van der Waals surface area contributed by atoms with Gasteiger partial charge in [0.25, 0.3) is 11.8 Å². The van der Waals surface area contributed by atoms with Crippen molar-refractivity contribution in [3.05, 3.63) is 48.0 Å². The van der Waals surface area contributed by atoms with Crippen molar-refractivity contribution in [2.75, 3.05) is 7.11 Å². The molecule has 1 unspecified atom stereocenters. The van der Waals surface area contributed by atoms with Crippen molar-refractivity contribution in [2.45, 2.75) is 25.3 Å². The van der Waals surface area contributed by atoms with Gasteiger partial charge in [0.2, 0.25) is 0 Å². The van der Waals surface area contributed by atoms with Crippen LogP contribution in [0.4, 0.5) is 0 Å². The fourth-order valence-corrected chi connectivity index (χ4v) is 2.55. The Labute approximate surface area is 123 Å². The zero-order valence-corrected chi connectivity index (χ0v) is 12.1. The Hall–Kier alpha value is -2.43. The number of nitrogens with zero attached hydrogens (tertiary/aromatic N) is 1. The lowest BCUT2D eigenvalue weighted by Gasteiger charge is -2.34. The number of methoxy groups -OCH3 is 1. The van der Waals surface area contributed by atoms with Crippen molar-refractivity contribution in [2.24, 2.45) is 0 Å². The second-order valence-electron chi connectivity index (χ2n) is 5.08. The van der Waals surface area contributed by atoms with Crippen molar-refractivity contribution in [3.63, 3.8) is 0 Å². The molecule has 0 saturated heterocycles. The van der Waals surface area contributed by atoms with E-state index in [1.807, 2.05) is 0 Å². The van der Waals surface area contributed by atoms with Crippen molar-refractivity contribution in [3.8, 4) is 0 Å². The first-order valence-corrected chi connectivity index (χ1v) is 6.64. The van der Waals surface area contributed by atoms with Crippen LogP contribution in [0.2, 0.25) is 0 Å². The van der Waals surface area contributed by atoms with Crippen molar-refractivity contribution in [1.29, 1.82) is 0 Å². The Balaban J connectivity index is 2.48. The van der Waals surface area contributed by atoms with Crippen LogP contribution in [0.15, 0.2) is 36.9 Å². The van der Waals surface area contributed by atoms with Crippen LogP contribution in [0.3, 0.4) is 0 Å². The fraction of sp³-hybridized carbons (Fsp3) is 0.312. The molecule has 0 aliphatic carbocycles. The normalized spacial score (nSPS) is 16.4. The van der Waals surface area contributed by atoms with E-state index < -0.39 is 23.3 Å². The minimum absolute atomic E-state index is 0.272. The molecule has 5 nitrogen and oxygen atoms in total. The predicted molar refractivity (Wildman–Crippen MR) is 76.8 cm³/mol. The monoisotopic (exact) mass is 287 g/mol. The highest BCUT2D eigenvalue weighted by Gasteiger charge is 2.50. The number of benzene rings is 1. The van der Waals surface area contributed by atoms with Crippen molar-refractivity contribution in [1.82, 2.24) is 4.90 Å². The summed E-state index contributed by atoms with van der Waals surface area (Å²) in [6.45, 7) is 5.16. The van der Waals surface area contributed by atoms with Gasteiger partial charge < -0.3 is 4.74 Å². The SMILES string of the molecule is C=CCCC(C)(C(=O)OC)N1C(=O)c2ccccc2C1=O. The lowest BCUT2D eigenvalue weighted by molar-refractivity contribution is -0.151. The van der Waals surface area contributed by atoms with Crippen LogP contribution in [0.1, 0.15) is 40.5 Å². The van der Waals surface area contributed by atoms with E-state index in [1.54, 1.807) is 37.3 Å². The third-order valence-corrected chi connectivity index (χ3v) is 3.75. The molecule has 0 aromatic heterocycles. The van der Waals surface area contributed by atoms with Gasteiger partial charge in [-0.15, -0.1) is 6.58 Å². The van der Waals surface area contributed by atoms with Gasteiger partial charge in [0.1, 0.15) is 5.54 Å². The summed E-state index contributed by atoms with van der Waals surface area (Å²) >= 11 is 0. The lowest BCUT2D eigenvalue weighted by Crippen LogP contribution is -2.55. The number of fused-ring (bicyclic) bond motifs is 1. The summed E-state index contributed by atoms with van der Waals surface area (Å²) in [6, 6.07) is 6.54. The summed E-state index contributed by atoms with van der Waals surface area (Å²) in [4.78, 5) is 38.2.